The number of rotatable bonds is 3. The van der Waals surface area contributed by atoms with Crippen molar-refractivity contribution in [3.05, 3.63) is 0 Å². The maximum atomic E-state index is 9.90. The van der Waals surface area contributed by atoms with Crippen molar-refractivity contribution in [3.8, 4) is 0 Å². The minimum Gasteiger partial charge on any atom is -0.480 e. The number of alkyl halides is 1. The van der Waals surface area contributed by atoms with E-state index in [2.05, 4.69) is 0 Å². The van der Waals surface area contributed by atoms with E-state index >= 15 is 0 Å². The highest BCUT2D eigenvalue weighted by molar-refractivity contribution is 6.30. The fraction of sp³-hybridized carbons (Fsp3) is 0.750. The lowest BCUT2D eigenvalue weighted by atomic mass is 10.3. The molecule has 0 spiro atoms. The minimum atomic E-state index is -1.42. The van der Waals surface area contributed by atoms with Crippen molar-refractivity contribution >= 4 is 17.6 Å². The van der Waals surface area contributed by atoms with Gasteiger partial charge in [-0.2, -0.15) is 0 Å². The number of hydrogen-bond donors (Lipinski definition) is 3. The molecule has 9 heavy (non-hydrogen) atoms. The average Bonchev–Trinajstić information content (AvgIpc) is 1.84. The molecule has 54 valence electrons. The summed E-state index contributed by atoms with van der Waals surface area (Å²) < 4.78 is 0. The zero-order chi connectivity index (χ0) is 7.44. The van der Waals surface area contributed by atoms with Crippen LogP contribution in [0.15, 0.2) is 0 Å². The first-order chi connectivity index (χ1) is 4.09. The van der Waals surface area contributed by atoms with Crippen molar-refractivity contribution in [3.63, 3.8) is 0 Å². The molecule has 2 atom stereocenters. The highest BCUT2D eigenvalue weighted by atomic mass is 35.5. The van der Waals surface area contributed by atoms with Gasteiger partial charge in [0.25, 0.3) is 0 Å². The Balaban J connectivity index is 3.72. The first-order valence-corrected chi connectivity index (χ1v) is 2.69. The van der Waals surface area contributed by atoms with Gasteiger partial charge in [0.1, 0.15) is 6.10 Å². The number of aliphatic hydroxyl groups excluding tert-OH is 2. The van der Waals surface area contributed by atoms with Gasteiger partial charge in [0, 0.05) is 0 Å². The fourth-order valence-electron chi connectivity index (χ4n) is 0.257. The topological polar surface area (TPSA) is 77.8 Å². The van der Waals surface area contributed by atoms with E-state index < -0.39 is 24.1 Å². The monoisotopic (exact) mass is 154 g/mol. The van der Waals surface area contributed by atoms with E-state index in [1.807, 2.05) is 0 Å². The van der Waals surface area contributed by atoms with Crippen LogP contribution in [0, 0.1) is 0 Å². The molecule has 0 aromatic rings. The molecular formula is C4H7ClO4. The van der Waals surface area contributed by atoms with Crippen LogP contribution in [0.3, 0.4) is 0 Å². The predicted octanol–water partition coefficient (Wildman–Crippen LogP) is -0.968. The Morgan fingerprint density at radius 3 is 2.22 bits per heavy atom. The molecule has 0 aromatic carbocycles. The first-order valence-electron chi connectivity index (χ1n) is 2.25. The molecule has 0 saturated heterocycles. The third kappa shape index (κ3) is 2.64. The molecular weight excluding hydrogens is 147 g/mol. The summed E-state index contributed by atoms with van der Waals surface area (Å²) in [7, 11) is 0. The van der Waals surface area contributed by atoms with E-state index in [-0.39, 0.29) is 0 Å². The average molecular weight is 155 g/mol. The molecule has 0 aliphatic heterocycles. The number of carboxylic acids is 1. The van der Waals surface area contributed by atoms with Crippen LogP contribution in [0.2, 0.25) is 0 Å². The molecule has 0 aliphatic carbocycles. The van der Waals surface area contributed by atoms with Crippen LogP contribution < -0.4 is 0 Å². The molecule has 0 rings (SSSR count). The lowest BCUT2D eigenvalue weighted by molar-refractivity contribution is -0.139. The Hall–Kier alpha value is -0.320. The van der Waals surface area contributed by atoms with Gasteiger partial charge in [-0.25, -0.2) is 0 Å². The van der Waals surface area contributed by atoms with Crippen LogP contribution in [0.5, 0.6) is 0 Å². The van der Waals surface area contributed by atoms with Crippen LogP contribution in [0.1, 0.15) is 0 Å². The molecule has 0 heterocycles. The van der Waals surface area contributed by atoms with Crippen molar-refractivity contribution in [1.82, 2.24) is 0 Å². The Morgan fingerprint density at radius 2 is 2.11 bits per heavy atom. The highest BCUT2D eigenvalue weighted by Gasteiger charge is 2.22. The SMILES string of the molecule is O=C(O)[C@H](Cl)[C@@H](O)CO. The van der Waals surface area contributed by atoms with Crippen LogP contribution >= 0.6 is 11.6 Å². The Morgan fingerprint density at radius 1 is 1.67 bits per heavy atom. The summed E-state index contributed by atoms with van der Waals surface area (Å²) in [6, 6.07) is 0. The Bertz CT molecular complexity index is 105. The van der Waals surface area contributed by atoms with Gasteiger partial charge in [0.05, 0.1) is 6.61 Å². The third-order valence-electron chi connectivity index (χ3n) is 0.761. The van der Waals surface area contributed by atoms with Crippen molar-refractivity contribution < 1.29 is 20.1 Å². The van der Waals surface area contributed by atoms with Gasteiger partial charge in [-0.3, -0.25) is 4.79 Å². The number of hydrogen-bond acceptors (Lipinski definition) is 3. The maximum Gasteiger partial charge on any atom is 0.324 e. The molecule has 5 heteroatoms. The summed E-state index contributed by atoms with van der Waals surface area (Å²) in [4.78, 5) is 9.90. The van der Waals surface area contributed by atoms with E-state index in [1.165, 1.54) is 0 Å². The van der Waals surface area contributed by atoms with Crippen molar-refractivity contribution in [1.29, 1.82) is 0 Å². The molecule has 0 aliphatic rings. The van der Waals surface area contributed by atoms with Crippen LogP contribution in [-0.4, -0.2) is 39.4 Å². The van der Waals surface area contributed by atoms with Gasteiger partial charge >= 0.3 is 5.97 Å². The van der Waals surface area contributed by atoms with E-state index in [4.69, 9.17) is 26.9 Å². The molecule has 0 bridgehead atoms. The molecule has 0 aromatic heterocycles. The molecule has 0 unspecified atom stereocenters. The summed E-state index contributed by atoms with van der Waals surface area (Å²) in [6.45, 7) is -0.638. The van der Waals surface area contributed by atoms with E-state index in [0.29, 0.717) is 0 Å². The standard InChI is InChI=1S/C4H7ClO4/c5-3(4(8)9)2(7)1-6/h2-3,6-7H,1H2,(H,8,9)/t2-,3+/m0/s1. The maximum absolute atomic E-state index is 9.90. The lowest BCUT2D eigenvalue weighted by Gasteiger charge is -2.07. The minimum absolute atomic E-state index is 0.638. The van der Waals surface area contributed by atoms with Crippen molar-refractivity contribution in [2.75, 3.05) is 6.61 Å². The van der Waals surface area contributed by atoms with Gasteiger partial charge in [-0.15, -0.1) is 11.6 Å². The second-order valence-corrected chi connectivity index (χ2v) is 1.96. The van der Waals surface area contributed by atoms with Crippen LogP contribution in [0.25, 0.3) is 0 Å². The Labute approximate surface area is 56.7 Å². The molecule has 0 amide bonds. The number of aliphatic carboxylic acids is 1. The van der Waals surface area contributed by atoms with Gasteiger partial charge in [0.15, 0.2) is 5.38 Å². The fourth-order valence-corrected chi connectivity index (χ4v) is 0.337. The van der Waals surface area contributed by atoms with Crippen molar-refractivity contribution in [2.24, 2.45) is 0 Å². The highest BCUT2D eigenvalue weighted by Crippen LogP contribution is 2.01. The molecule has 3 N–H and O–H groups in total. The zero-order valence-electron chi connectivity index (χ0n) is 4.49. The largest absolute Gasteiger partial charge is 0.480 e. The van der Waals surface area contributed by atoms with Crippen molar-refractivity contribution in [2.45, 2.75) is 11.5 Å². The summed E-state index contributed by atoms with van der Waals surface area (Å²) >= 11 is 5.06. The van der Waals surface area contributed by atoms with Gasteiger partial charge in [-0.1, -0.05) is 0 Å². The number of carboxylic acid groups (broad SMARTS) is 1. The molecule has 0 fully saturated rings. The van der Waals surface area contributed by atoms with E-state index in [9.17, 15) is 4.79 Å². The molecule has 0 radical (unpaired) electrons. The third-order valence-corrected chi connectivity index (χ3v) is 1.24. The zero-order valence-corrected chi connectivity index (χ0v) is 5.25. The summed E-state index contributed by atoms with van der Waals surface area (Å²) in [6.07, 6.45) is -1.39. The normalized spacial score (nSPS) is 16.8. The van der Waals surface area contributed by atoms with Crippen LogP contribution in [-0.2, 0) is 4.79 Å². The molecule has 4 nitrogen and oxygen atoms in total. The van der Waals surface area contributed by atoms with Gasteiger partial charge < -0.3 is 15.3 Å². The van der Waals surface area contributed by atoms with Crippen LogP contribution in [0.4, 0.5) is 0 Å². The second-order valence-electron chi connectivity index (χ2n) is 1.49. The summed E-state index contributed by atoms with van der Waals surface area (Å²) in [5.41, 5.74) is 0. The van der Waals surface area contributed by atoms with E-state index in [0.717, 1.165) is 0 Å². The van der Waals surface area contributed by atoms with Gasteiger partial charge in [0.2, 0.25) is 0 Å². The summed E-state index contributed by atoms with van der Waals surface area (Å²) in [5, 5.41) is 23.3. The predicted molar refractivity (Wildman–Crippen MR) is 30.4 cm³/mol. The number of carbonyl (C=O) groups is 1. The second kappa shape index (κ2) is 3.66. The quantitative estimate of drug-likeness (QED) is 0.457. The summed E-state index contributed by atoms with van der Waals surface area (Å²) in [5.74, 6) is -1.33. The molecule has 0 saturated carbocycles. The number of halogens is 1. The first kappa shape index (κ1) is 8.68. The smallest absolute Gasteiger partial charge is 0.324 e. The Kier molecular flexibility index (Phi) is 3.53. The lowest BCUT2D eigenvalue weighted by Crippen LogP contribution is -2.31. The number of aliphatic hydroxyl groups is 2. The van der Waals surface area contributed by atoms with E-state index in [1.54, 1.807) is 0 Å². The van der Waals surface area contributed by atoms with Gasteiger partial charge in [-0.05, 0) is 0 Å².